The van der Waals surface area contributed by atoms with Crippen molar-refractivity contribution in [2.24, 2.45) is 0 Å². The van der Waals surface area contributed by atoms with E-state index in [1.54, 1.807) is 24.3 Å². The second-order valence-electron chi connectivity index (χ2n) is 2.70. The van der Waals surface area contributed by atoms with Crippen molar-refractivity contribution < 1.29 is 13.9 Å². The summed E-state index contributed by atoms with van der Waals surface area (Å²) in [6.45, 7) is -0.474. The number of ether oxygens (including phenoxy) is 1. The van der Waals surface area contributed by atoms with Gasteiger partial charge in [-0.15, -0.1) is 0 Å². The molecule has 13 heavy (non-hydrogen) atoms. The number of esters is 1. The molecule has 0 fully saturated rings. The molecule has 0 unspecified atom stereocenters. The second kappa shape index (κ2) is 4.60. The summed E-state index contributed by atoms with van der Waals surface area (Å²) in [5.74, 6) is -0.284. The number of carbonyl (C=O) groups is 1. The molecule has 0 saturated carbocycles. The van der Waals surface area contributed by atoms with Crippen LogP contribution in [0.25, 0.3) is 0 Å². The van der Waals surface area contributed by atoms with Gasteiger partial charge in [-0.1, -0.05) is 24.3 Å². The third-order valence-electron chi connectivity index (χ3n) is 1.75. The standard InChI is InChI=1S/C10H11FO2/c1-13-10(12)6-8-2-4-9(7-11)5-3-8/h2-5H,6-7H2,1H3. The normalized spacial score (nSPS) is 9.69. The van der Waals surface area contributed by atoms with Gasteiger partial charge in [0.15, 0.2) is 0 Å². The van der Waals surface area contributed by atoms with Crippen molar-refractivity contribution in [2.45, 2.75) is 13.1 Å². The molecule has 0 bridgehead atoms. The minimum Gasteiger partial charge on any atom is -0.469 e. The molecule has 1 aromatic carbocycles. The summed E-state index contributed by atoms with van der Waals surface area (Å²) < 4.78 is 16.6. The number of benzene rings is 1. The fraction of sp³-hybridized carbons (Fsp3) is 0.300. The van der Waals surface area contributed by atoms with Gasteiger partial charge in [0.05, 0.1) is 13.5 Å². The van der Waals surface area contributed by atoms with Gasteiger partial charge in [0.25, 0.3) is 0 Å². The number of alkyl halides is 1. The van der Waals surface area contributed by atoms with E-state index in [0.717, 1.165) is 5.56 Å². The number of hydrogen-bond acceptors (Lipinski definition) is 2. The Kier molecular flexibility index (Phi) is 3.43. The first-order chi connectivity index (χ1) is 6.26. The molecule has 2 nitrogen and oxygen atoms in total. The summed E-state index contributed by atoms with van der Waals surface area (Å²) >= 11 is 0. The van der Waals surface area contributed by atoms with Gasteiger partial charge in [-0.25, -0.2) is 4.39 Å². The molecule has 0 aliphatic heterocycles. The number of carbonyl (C=O) groups excluding carboxylic acids is 1. The Morgan fingerprint density at radius 3 is 2.31 bits per heavy atom. The maximum atomic E-state index is 12.1. The average molecular weight is 182 g/mol. The second-order valence-corrected chi connectivity index (χ2v) is 2.70. The van der Waals surface area contributed by atoms with Crippen LogP contribution in [0.15, 0.2) is 24.3 Å². The Morgan fingerprint density at radius 1 is 1.31 bits per heavy atom. The molecule has 0 atom stereocenters. The van der Waals surface area contributed by atoms with E-state index in [9.17, 15) is 9.18 Å². The summed E-state index contributed by atoms with van der Waals surface area (Å²) in [4.78, 5) is 10.8. The zero-order valence-corrected chi connectivity index (χ0v) is 7.42. The first-order valence-corrected chi connectivity index (χ1v) is 3.97. The molecule has 0 heterocycles. The van der Waals surface area contributed by atoms with Crippen LogP contribution in [-0.4, -0.2) is 13.1 Å². The largest absolute Gasteiger partial charge is 0.469 e. The summed E-state index contributed by atoms with van der Waals surface area (Å²) in [7, 11) is 1.35. The van der Waals surface area contributed by atoms with Gasteiger partial charge in [0, 0.05) is 0 Å². The van der Waals surface area contributed by atoms with Crippen LogP contribution in [0.1, 0.15) is 11.1 Å². The van der Waals surface area contributed by atoms with Crippen LogP contribution in [-0.2, 0) is 22.6 Å². The van der Waals surface area contributed by atoms with Crippen LogP contribution >= 0.6 is 0 Å². The lowest BCUT2D eigenvalue weighted by Crippen LogP contribution is -2.04. The van der Waals surface area contributed by atoms with E-state index in [1.807, 2.05) is 0 Å². The molecule has 0 radical (unpaired) electrons. The lowest BCUT2D eigenvalue weighted by atomic mass is 10.1. The summed E-state index contributed by atoms with van der Waals surface area (Å²) in [6.07, 6.45) is 0.239. The lowest BCUT2D eigenvalue weighted by Gasteiger charge is -2.00. The van der Waals surface area contributed by atoms with Gasteiger partial charge >= 0.3 is 5.97 Å². The van der Waals surface area contributed by atoms with Crippen molar-refractivity contribution in [3.8, 4) is 0 Å². The highest BCUT2D eigenvalue weighted by Crippen LogP contribution is 2.06. The van der Waals surface area contributed by atoms with Crippen LogP contribution in [0.2, 0.25) is 0 Å². The average Bonchev–Trinajstić information content (AvgIpc) is 2.19. The SMILES string of the molecule is COC(=O)Cc1ccc(CF)cc1. The maximum Gasteiger partial charge on any atom is 0.309 e. The van der Waals surface area contributed by atoms with Crippen molar-refractivity contribution in [3.05, 3.63) is 35.4 Å². The molecule has 0 spiro atoms. The van der Waals surface area contributed by atoms with Gasteiger partial charge in [-0.05, 0) is 11.1 Å². The number of methoxy groups -OCH3 is 1. The zero-order chi connectivity index (χ0) is 9.68. The van der Waals surface area contributed by atoms with Crippen LogP contribution < -0.4 is 0 Å². The van der Waals surface area contributed by atoms with Gasteiger partial charge in [-0.2, -0.15) is 0 Å². The molecule has 1 rings (SSSR count). The van der Waals surface area contributed by atoms with Crippen molar-refractivity contribution in [1.82, 2.24) is 0 Å². The van der Waals surface area contributed by atoms with E-state index in [0.29, 0.717) is 5.56 Å². The minimum atomic E-state index is -0.474. The molecular weight excluding hydrogens is 171 g/mol. The molecule has 0 aromatic heterocycles. The molecule has 0 saturated heterocycles. The van der Waals surface area contributed by atoms with E-state index >= 15 is 0 Å². The number of halogens is 1. The third kappa shape index (κ3) is 2.86. The fourth-order valence-electron chi connectivity index (χ4n) is 0.985. The fourth-order valence-corrected chi connectivity index (χ4v) is 0.985. The van der Waals surface area contributed by atoms with Gasteiger partial charge in [-0.3, -0.25) is 4.79 Å². The highest BCUT2D eigenvalue weighted by atomic mass is 19.1. The monoisotopic (exact) mass is 182 g/mol. The summed E-state index contributed by atoms with van der Waals surface area (Å²) in [5.41, 5.74) is 1.46. The topological polar surface area (TPSA) is 26.3 Å². The first kappa shape index (κ1) is 9.71. The number of hydrogen-bond donors (Lipinski definition) is 0. The highest BCUT2D eigenvalue weighted by molar-refractivity contribution is 5.72. The Balaban J connectivity index is 2.64. The smallest absolute Gasteiger partial charge is 0.309 e. The minimum absolute atomic E-state index is 0.239. The maximum absolute atomic E-state index is 12.1. The Bertz CT molecular complexity index is 279. The highest BCUT2D eigenvalue weighted by Gasteiger charge is 2.01. The quantitative estimate of drug-likeness (QED) is 0.667. The molecule has 1 aromatic rings. The van der Waals surface area contributed by atoms with E-state index in [-0.39, 0.29) is 12.4 Å². The zero-order valence-electron chi connectivity index (χ0n) is 7.42. The van der Waals surface area contributed by atoms with E-state index in [2.05, 4.69) is 4.74 Å². The summed E-state index contributed by atoms with van der Waals surface area (Å²) in [6, 6.07) is 6.79. The third-order valence-corrected chi connectivity index (χ3v) is 1.75. The van der Waals surface area contributed by atoms with Gasteiger partial charge < -0.3 is 4.74 Å². The molecule has 0 aliphatic carbocycles. The van der Waals surface area contributed by atoms with Crippen LogP contribution in [0.5, 0.6) is 0 Å². The lowest BCUT2D eigenvalue weighted by molar-refractivity contribution is -0.139. The van der Waals surface area contributed by atoms with Crippen molar-refractivity contribution >= 4 is 5.97 Å². The van der Waals surface area contributed by atoms with Crippen molar-refractivity contribution in [1.29, 1.82) is 0 Å². The van der Waals surface area contributed by atoms with Crippen LogP contribution in [0.3, 0.4) is 0 Å². The van der Waals surface area contributed by atoms with Gasteiger partial charge in [0.1, 0.15) is 6.67 Å². The van der Waals surface area contributed by atoms with Crippen molar-refractivity contribution in [3.63, 3.8) is 0 Å². The molecule has 3 heteroatoms. The molecule has 0 amide bonds. The van der Waals surface area contributed by atoms with E-state index in [4.69, 9.17) is 0 Å². The van der Waals surface area contributed by atoms with Crippen LogP contribution in [0, 0.1) is 0 Å². The van der Waals surface area contributed by atoms with Crippen LogP contribution in [0.4, 0.5) is 4.39 Å². The Hall–Kier alpha value is -1.38. The van der Waals surface area contributed by atoms with E-state index < -0.39 is 6.67 Å². The molecule has 70 valence electrons. The van der Waals surface area contributed by atoms with E-state index in [1.165, 1.54) is 7.11 Å². The molecule has 0 aliphatic rings. The Labute approximate surface area is 76.3 Å². The van der Waals surface area contributed by atoms with Gasteiger partial charge in [0.2, 0.25) is 0 Å². The molecule has 0 N–H and O–H groups in total. The Morgan fingerprint density at radius 2 is 1.85 bits per heavy atom. The number of rotatable bonds is 3. The summed E-state index contributed by atoms with van der Waals surface area (Å²) in [5, 5.41) is 0. The first-order valence-electron chi connectivity index (χ1n) is 3.97. The predicted molar refractivity (Wildman–Crippen MR) is 47.0 cm³/mol. The predicted octanol–water partition coefficient (Wildman–Crippen LogP) is 1.87. The molecular formula is C10H11FO2. The van der Waals surface area contributed by atoms with Crippen molar-refractivity contribution in [2.75, 3.05) is 7.11 Å².